The first-order chi connectivity index (χ1) is 14.7. The number of hydrogen-bond acceptors (Lipinski definition) is 3. The Labute approximate surface area is 191 Å². The normalized spacial score (nSPS) is 17.5. The zero-order chi connectivity index (χ0) is 20.6. The van der Waals surface area contributed by atoms with E-state index in [4.69, 9.17) is 16.3 Å². The summed E-state index contributed by atoms with van der Waals surface area (Å²) in [5.41, 5.74) is 7.37. The van der Waals surface area contributed by atoms with Gasteiger partial charge in [-0.25, -0.2) is 0 Å². The summed E-state index contributed by atoms with van der Waals surface area (Å²) in [4.78, 5) is 0. The number of methoxy groups -OCH3 is 1. The minimum absolute atomic E-state index is 0.153. The topological polar surface area (TPSA) is 9.23 Å². The largest absolute Gasteiger partial charge is 0.497 e. The van der Waals surface area contributed by atoms with Gasteiger partial charge in [0.05, 0.1) is 7.11 Å². The lowest BCUT2D eigenvalue weighted by molar-refractivity contribution is 0.415. The van der Waals surface area contributed by atoms with Gasteiger partial charge in [0, 0.05) is 22.1 Å². The molecule has 30 heavy (non-hydrogen) atoms. The van der Waals surface area contributed by atoms with E-state index in [1.54, 1.807) is 7.11 Å². The standard InChI is InChI=1S/C26H21ClOS2/c1-28-22-13-11-21(12-14-22)25-24(27)17-23(26(25)29-15-16-30-26)20-9-7-19(8-10-20)18-5-3-2-4-6-18/h2-14,17H,15-16H2,1H3. The molecule has 0 bridgehead atoms. The second kappa shape index (κ2) is 8.22. The smallest absolute Gasteiger partial charge is 0.118 e. The molecule has 4 heteroatoms. The van der Waals surface area contributed by atoms with Crippen molar-refractivity contribution < 1.29 is 4.74 Å². The zero-order valence-corrected chi connectivity index (χ0v) is 19.0. The summed E-state index contributed by atoms with van der Waals surface area (Å²) in [6.45, 7) is 0. The predicted molar refractivity (Wildman–Crippen MR) is 133 cm³/mol. The Balaban J connectivity index is 1.52. The third kappa shape index (κ3) is 3.39. The van der Waals surface area contributed by atoms with Crippen molar-refractivity contribution in [3.05, 3.63) is 101 Å². The monoisotopic (exact) mass is 448 g/mol. The maximum Gasteiger partial charge on any atom is 0.118 e. The van der Waals surface area contributed by atoms with Crippen molar-refractivity contribution in [1.29, 1.82) is 0 Å². The number of allylic oxidation sites excluding steroid dienone is 2. The van der Waals surface area contributed by atoms with Gasteiger partial charge < -0.3 is 4.74 Å². The summed E-state index contributed by atoms with van der Waals surface area (Å²) in [5.74, 6) is 3.10. The first kappa shape index (κ1) is 19.9. The minimum atomic E-state index is -0.153. The molecule has 3 aromatic rings. The molecule has 0 unspecified atom stereocenters. The molecule has 0 radical (unpaired) electrons. The molecule has 5 rings (SSSR count). The summed E-state index contributed by atoms with van der Waals surface area (Å²) >= 11 is 10.9. The first-order valence-electron chi connectivity index (χ1n) is 9.92. The van der Waals surface area contributed by atoms with Crippen LogP contribution in [0.4, 0.5) is 0 Å². The fourth-order valence-corrected chi connectivity index (χ4v) is 8.09. The average Bonchev–Trinajstić information content (AvgIpc) is 3.39. The number of hydrogen-bond donors (Lipinski definition) is 0. The van der Waals surface area contributed by atoms with Crippen molar-refractivity contribution in [3.8, 4) is 16.9 Å². The molecule has 1 nitrogen and oxygen atoms in total. The van der Waals surface area contributed by atoms with Crippen molar-refractivity contribution in [2.75, 3.05) is 18.6 Å². The van der Waals surface area contributed by atoms with Crippen LogP contribution in [0, 0.1) is 0 Å². The van der Waals surface area contributed by atoms with Gasteiger partial charge in [0.1, 0.15) is 9.83 Å². The third-order valence-corrected chi connectivity index (χ3v) is 9.31. The predicted octanol–water partition coefficient (Wildman–Crippen LogP) is 7.59. The van der Waals surface area contributed by atoms with E-state index in [1.807, 2.05) is 41.7 Å². The Bertz CT molecular complexity index is 1110. The van der Waals surface area contributed by atoms with Crippen LogP contribution in [-0.2, 0) is 0 Å². The van der Waals surface area contributed by atoms with Gasteiger partial charge in [-0.15, -0.1) is 23.5 Å². The number of ether oxygens (including phenoxy) is 1. The van der Waals surface area contributed by atoms with E-state index in [1.165, 1.54) is 27.8 Å². The molecule has 150 valence electrons. The fraction of sp³-hybridized carbons (Fsp3) is 0.154. The molecule has 0 atom stereocenters. The van der Waals surface area contributed by atoms with Crippen molar-refractivity contribution in [2.45, 2.75) is 4.08 Å². The van der Waals surface area contributed by atoms with Crippen LogP contribution in [0.1, 0.15) is 11.1 Å². The van der Waals surface area contributed by atoms with E-state index >= 15 is 0 Å². The quantitative estimate of drug-likeness (QED) is 0.407. The number of benzene rings is 3. The Morgan fingerprint density at radius 1 is 0.733 bits per heavy atom. The molecule has 1 fully saturated rings. The lowest BCUT2D eigenvalue weighted by atomic mass is 9.95. The SMILES string of the molecule is COc1ccc(C2=C(Cl)C=C(c3ccc(-c4ccccc4)cc3)C23SCCS3)cc1. The van der Waals surface area contributed by atoms with Gasteiger partial charge in [0.25, 0.3) is 0 Å². The van der Waals surface area contributed by atoms with Crippen molar-refractivity contribution in [1.82, 2.24) is 0 Å². The van der Waals surface area contributed by atoms with Gasteiger partial charge >= 0.3 is 0 Å². The molecular formula is C26H21ClOS2. The maximum absolute atomic E-state index is 6.87. The van der Waals surface area contributed by atoms with Gasteiger partial charge in [-0.3, -0.25) is 0 Å². The molecule has 0 aromatic heterocycles. The van der Waals surface area contributed by atoms with Gasteiger partial charge in [-0.2, -0.15) is 0 Å². The van der Waals surface area contributed by atoms with Crippen LogP contribution < -0.4 is 4.74 Å². The van der Waals surface area contributed by atoms with Crippen LogP contribution in [0.5, 0.6) is 5.75 Å². The molecule has 1 heterocycles. The van der Waals surface area contributed by atoms with Crippen LogP contribution in [0.15, 0.2) is 90.0 Å². The maximum atomic E-state index is 6.87. The van der Waals surface area contributed by atoms with Gasteiger partial charge in [-0.1, -0.05) is 78.3 Å². The highest BCUT2D eigenvalue weighted by Gasteiger charge is 2.48. The Morgan fingerprint density at radius 2 is 1.30 bits per heavy atom. The summed E-state index contributed by atoms with van der Waals surface area (Å²) in [6.07, 6.45) is 2.17. The van der Waals surface area contributed by atoms with E-state index in [0.717, 1.165) is 27.9 Å². The molecule has 1 aliphatic heterocycles. The number of rotatable bonds is 4. The Hall–Kier alpha value is -2.07. The Kier molecular flexibility index (Phi) is 5.44. The van der Waals surface area contributed by atoms with Crippen molar-refractivity contribution >= 4 is 46.3 Å². The summed E-state index contributed by atoms with van der Waals surface area (Å²) in [6, 6.07) is 27.6. The number of halogens is 1. The minimum Gasteiger partial charge on any atom is -0.497 e. The molecule has 2 aliphatic rings. The van der Waals surface area contributed by atoms with E-state index in [9.17, 15) is 0 Å². The molecule has 0 N–H and O–H groups in total. The number of thioether (sulfide) groups is 2. The van der Waals surface area contributed by atoms with Crippen LogP contribution in [0.3, 0.4) is 0 Å². The average molecular weight is 449 g/mol. The van der Waals surface area contributed by atoms with Gasteiger partial charge in [-0.05, 0) is 46.0 Å². The van der Waals surface area contributed by atoms with Gasteiger partial charge in [0.15, 0.2) is 0 Å². The van der Waals surface area contributed by atoms with Crippen LogP contribution in [0.2, 0.25) is 0 Å². The second-order valence-electron chi connectivity index (χ2n) is 7.27. The van der Waals surface area contributed by atoms with Crippen LogP contribution in [-0.4, -0.2) is 22.7 Å². The molecular weight excluding hydrogens is 428 g/mol. The second-order valence-corrected chi connectivity index (χ2v) is 10.6. The zero-order valence-electron chi connectivity index (χ0n) is 16.6. The van der Waals surface area contributed by atoms with Crippen molar-refractivity contribution in [2.24, 2.45) is 0 Å². The molecule has 0 amide bonds. The molecule has 1 spiro atoms. The van der Waals surface area contributed by atoms with Crippen molar-refractivity contribution in [3.63, 3.8) is 0 Å². The third-order valence-electron chi connectivity index (χ3n) is 5.57. The Morgan fingerprint density at radius 3 is 1.93 bits per heavy atom. The van der Waals surface area contributed by atoms with E-state index < -0.39 is 0 Å². The van der Waals surface area contributed by atoms with Crippen LogP contribution >= 0.6 is 35.1 Å². The lowest BCUT2D eigenvalue weighted by Crippen LogP contribution is -2.19. The highest BCUT2D eigenvalue weighted by molar-refractivity contribution is 8.22. The molecule has 1 aliphatic carbocycles. The van der Waals surface area contributed by atoms with E-state index in [2.05, 4.69) is 66.7 Å². The lowest BCUT2D eigenvalue weighted by Gasteiger charge is -2.30. The van der Waals surface area contributed by atoms with E-state index in [-0.39, 0.29) is 4.08 Å². The molecule has 1 saturated heterocycles. The molecule has 3 aromatic carbocycles. The molecule has 0 saturated carbocycles. The summed E-state index contributed by atoms with van der Waals surface area (Å²) in [5, 5.41) is 0.837. The summed E-state index contributed by atoms with van der Waals surface area (Å²) in [7, 11) is 1.69. The highest BCUT2D eigenvalue weighted by atomic mass is 35.5. The highest BCUT2D eigenvalue weighted by Crippen LogP contribution is 2.64. The van der Waals surface area contributed by atoms with Gasteiger partial charge in [0.2, 0.25) is 0 Å². The summed E-state index contributed by atoms with van der Waals surface area (Å²) < 4.78 is 5.19. The fourth-order valence-electron chi connectivity index (χ4n) is 4.13. The first-order valence-corrected chi connectivity index (χ1v) is 12.3. The van der Waals surface area contributed by atoms with E-state index in [0.29, 0.717) is 0 Å². The van der Waals surface area contributed by atoms with Crippen LogP contribution in [0.25, 0.3) is 22.3 Å².